The van der Waals surface area contributed by atoms with Crippen LogP contribution in [0.15, 0.2) is 64.5 Å². The number of thioether (sulfide) groups is 1. The van der Waals surface area contributed by atoms with E-state index in [1.54, 1.807) is 10.6 Å². The standard InChI is InChI=1S/C27H29N3O2S/c1-17(2)15-29-26(32)22-8-6-7-9-24(22)28-27(29)33-16-25(31)23-14-19(4)30(20(23)5)21-12-10-18(3)11-13-21/h6-14,17H,15-16H2,1-5H3. The Morgan fingerprint density at radius 1 is 1.03 bits per heavy atom. The van der Waals surface area contributed by atoms with Crippen molar-refractivity contribution in [1.82, 2.24) is 14.1 Å². The number of hydrogen-bond acceptors (Lipinski definition) is 4. The van der Waals surface area contributed by atoms with E-state index in [1.165, 1.54) is 17.3 Å². The minimum atomic E-state index is -0.0539. The predicted molar refractivity (Wildman–Crippen MR) is 136 cm³/mol. The molecule has 6 heteroatoms. The summed E-state index contributed by atoms with van der Waals surface area (Å²) in [6.45, 7) is 10.8. The monoisotopic (exact) mass is 459 g/mol. The molecular weight excluding hydrogens is 430 g/mol. The minimum Gasteiger partial charge on any atom is -0.318 e. The first kappa shape index (κ1) is 23.1. The molecule has 2 heterocycles. The summed E-state index contributed by atoms with van der Waals surface area (Å²) in [7, 11) is 0. The van der Waals surface area contributed by atoms with Gasteiger partial charge in [0.05, 0.1) is 16.7 Å². The van der Waals surface area contributed by atoms with Crippen molar-refractivity contribution < 1.29 is 4.79 Å². The smallest absolute Gasteiger partial charge is 0.262 e. The van der Waals surface area contributed by atoms with Crippen LogP contribution < -0.4 is 5.56 Å². The molecule has 0 bridgehead atoms. The lowest BCUT2D eigenvalue weighted by Crippen LogP contribution is -2.25. The number of carbonyl (C=O) groups excluding carboxylic acids is 1. The Morgan fingerprint density at radius 2 is 1.73 bits per heavy atom. The number of carbonyl (C=O) groups is 1. The first-order valence-electron chi connectivity index (χ1n) is 11.2. The Labute approximate surface area is 198 Å². The van der Waals surface area contributed by atoms with Gasteiger partial charge in [0.15, 0.2) is 10.9 Å². The quantitative estimate of drug-likeness (QED) is 0.201. The molecule has 0 unspecified atom stereocenters. The Hall–Kier alpha value is -3.12. The Morgan fingerprint density at radius 3 is 2.42 bits per heavy atom. The average molecular weight is 460 g/mol. The minimum absolute atomic E-state index is 0.0324. The van der Waals surface area contributed by atoms with E-state index in [0.29, 0.717) is 28.2 Å². The zero-order valence-corrected chi connectivity index (χ0v) is 20.6. The van der Waals surface area contributed by atoms with Gasteiger partial charge in [0.1, 0.15) is 0 Å². The summed E-state index contributed by atoms with van der Waals surface area (Å²) in [6.07, 6.45) is 0. The van der Waals surface area contributed by atoms with Gasteiger partial charge in [-0.3, -0.25) is 14.2 Å². The second-order valence-electron chi connectivity index (χ2n) is 8.89. The first-order chi connectivity index (χ1) is 15.8. The normalized spacial score (nSPS) is 11.5. The van der Waals surface area contributed by atoms with E-state index in [0.717, 1.165) is 17.1 Å². The lowest BCUT2D eigenvalue weighted by Gasteiger charge is -2.14. The van der Waals surface area contributed by atoms with Gasteiger partial charge in [0.2, 0.25) is 0 Å². The lowest BCUT2D eigenvalue weighted by molar-refractivity contribution is 0.102. The number of aryl methyl sites for hydroxylation is 2. The SMILES string of the molecule is Cc1ccc(-n2c(C)cc(C(=O)CSc3nc4ccccc4c(=O)n3CC(C)C)c2C)cc1. The summed E-state index contributed by atoms with van der Waals surface area (Å²) in [5.41, 5.74) is 5.50. The van der Waals surface area contributed by atoms with Crippen LogP contribution in [0.2, 0.25) is 0 Å². The highest BCUT2D eigenvalue weighted by Gasteiger charge is 2.19. The molecule has 170 valence electrons. The average Bonchev–Trinajstić information content (AvgIpc) is 3.09. The molecule has 0 atom stereocenters. The summed E-state index contributed by atoms with van der Waals surface area (Å²) in [5.74, 6) is 0.542. The molecule has 2 aromatic carbocycles. The summed E-state index contributed by atoms with van der Waals surface area (Å²) < 4.78 is 3.82. The van der Waals surface area contributed by atoms with Crippen LogP contribution in [-0.2, 0) is 6.54 Å². The molecule has 2 aromatic heterocycles. The highest BCUT2D eigenvalue weighted by molar-refractivity contribution is 7.99. The number of fused-ring (bicyclic) bond motifs is 1. The molecule has 0 saturated carbocycles. The third kappa shape index (κ3) is 4.67. The maximum atomic E-state index is 13.2. The molecule has 0 aliphatic carbocycles. The van der Waals surface area contributed by atoms with Crippen LogP contribution >= 0.6 is 11.8 Å². The number of nitrogens with zero attached hydrogens (tertiary/aromatic N) is 3. The van der Waals surface area contributed by atoms with Gasteiger partial charge in [-0.25, -0.2) is 4.98 Å². The topological polar surface area (TPSA) is 56.9 Å². The van der Waals surface area contributed by atoms with Gasteiger partial charge in [-0.15, -0.1) is 0 Å². The highest BCUT2D eigenvalue weighted by Crippen LogP contribution is 2.25. The summed E-state index contributed by atoms with van der Waals surface area (Å²) in [5, 5.41) is 1.20. The molecule has 5 nitrogen and oxygen atoms in total. The van der Waals surface area contributed by atoms with Crippen LogP contribution in [0.3, 0.4) is 0 Å². The number of para-hydroxylation sites is 1. The fourth-order valence-corrected chi connectivity index (χ4v) is 5.02. The predicted octanol–water partition coefficient (Wildman–Crippen LogP) is 5.74. The van der Waals surface area contributed by atoms with Gasteiger partial charge in [-0.1, -0.05) is 55.4 Å². The molecule has 0 amide bonds. The number of Topliss-reactive ketones (excluding diaryl/α,β-unsaturated/α-hetero) is 1. The van der Waals surface area contributed by atoms with Crippen LogP contribution in [0.5, 0.6) is 0 Å². The number of hydrogen-bond donors (Lipinski definition) is 0. The van der Waals surface area contributed by atoms with Crippen molar-refractivity contribution in [3.8, 4) is 5.69 Å². The van der Waals surface area contributed by atoms with Gasteiger partial charge >= 0.3 is 0 Å². The zero-order chi connectivity index (χ0) is 23.7. The van der Waals surface area contributed by atoms with Crippen molar-refractivity contribution in [2.75, 3.05) is 5.75 Å². The molecule has 4 aromatic rings. The Kier molecular flexibility index (Phi) is 6.56. The largest absolute Gasteiger partial charge is 0.318 e. The molecular formula is C27H29N3O2S. The third-order valence-electron chi connectivity index (χ3n) is 5.73. The van der Waals surface area contributed by atoms with Crippen LogP contribution in [-0.4, -0.2) is 25.7 Å². The van der Waals surface area contributed by atoms with Crippen molar-refractivity contribution in [3.63, 3.8) is 0 Å². The van der Waals surface area contributed by atoms with Crippen LogP contribution in [0.4, 0.5) is 0 Å². The molecule has 0 N–H and O–H groups in total. The van der Waals surface area contributed by atoms with E-state index in [1.807, 2.05) is 38.1 Å². The second kappa shape index (κ2) is 9.40. The highest BCUT2D eigenvalue weighted by atomic mass is 32.2. The van der Waals surface area contributed by atoms with E-state index in [4.69, 9.17) is 4.98 Å². The van der Waals surface area contributed by atoms with Crippen LogP contribution in [0, 0.1) is 26.7 Å². The number of ketones is 1. The molecule has 0 spiro atoms. The Balaban J connectivity index is 1.64. The molecule has 0 aliphatic heterocycles. The maximum Gasteiger partial charge on any atom is 0.262 e. The molecule has 0 saturated heterocycles. The first-order valence-corrected chi connectivity index (χ1v) is 12.2. The van der Waals surface area contributed by atoms with E-state index in [9.17, 15) is 9.59 Å². The van der Waals surface area contributed by atoms with Gasteiger partial charge in [-0.2, -0.15) is 0 Å². The van der Waals surface area contributed by atoms with Gasteiger partial charge in [-0.05, 0) is 57.0 Å². The Bertz CT molecular complexity index is 1380. The van der Waals surface area contributed by atoms with E-state index < -0.39 is 0 Å². The van der Waals surface area contributed by atoms with Crippen LogP contribution in [0.1, 0.15) is 41.2 Å². The van der Waals surface area contributed by atoms with E-state index >= 15 is 0 Å². The van der Waals surface area contributed by atoms with E-state index in [2.05, 4.69) is 49.6 Å². The van der Waals surface area contributed by atoms with Gasteiger partial charge in [0.25, 0.3) is 5.56 Å². The second-order valence-corrected chi connectivity index (χ2v) is 9.83. The lowest BCUT2D eigenvalue weighted by atomic mass is 10.2. The van der Waals surface area contributed by atoms with E-state index in [-0.39, 0.29) is 23.0 Å². The third-order valence-corrected chi connectivity index (χ3v) is 6.71. The molecule has 0 fully saturated rings. The molecule has 0 radical (unpaired) electrons. The zero-order valence-electron chi connectivity index (χ0n) is 19.8. The van der Waals surface area contributed by atoms with Gasteiger partial charge < -0.3 is 4.57 Å². The summed E-state index contributed by atoms with van der Waals surface area (Å²) >= 11 is 1.34. The van der Waals surface area contributed by atoms with Crippen molar-refractivity contribution in [1.29, 1.82) is 0 Å². The number of rotatable bonds is 7. The fraction of sp³-hybridized carbons (Fsp3) is 0.296. The van der Waals surface area contributed by atoms with Gasteiger partial charge in [0, 0.05) is 29.2 Å². The van der Waals surface area contributed by atoms with Crippen molar-refractivity contribution >= 4 is 28.4 Å². The van der Waals surface area contributed by atoms with Crippen molar-refractivity contribution in [2.24, 2.45) is 5.92 Å². The number of aromatic nitrogens is 3. The number of benzene rings is 2. The van der Waals surface area contributed by atoms with Crippen molar-refractivity contribution in [3.05, 3.63) is 87.5 Å². The maximum absolute atomic E-state index is 13.2. The summed E-state index contributed by atoms with van der Waals surface area (Å²) in [6, 6.07) is 17.6. The van der Waals surface area contributed by atoms with Crippen LogP contribution in [0.25, 0.3) is 16.6 Å². The molecule has 4 rings (SSSR count). The van der Waals surface area contributed by atoms with Crippen molar-refractivity contribution in [2.45, 2.75) is 46.3 Å². The molecule has 0 aliphatic rings. The summed E-state index contributed by atoms with van der Waals surface area (Å²) in [4.78, 5) is 31.1. The fourth-order valence-electron chi connectivity index (χ4n) is 4.13. The molecule has 33 heavy (non-hydrogen) atoms.